The van der Waals surface area contributed by atoms with Crippen molar-refractivity contribution in [3.05, 3.63) is 35.4 Å². The predicted molar refractivity (Wildman–Crippen MR) is 60.2 cm³/mol. The van der Waals surface area contributed by atoms with E-state index in [1.807, 2.05) is 26.0 Å². The highest BCUT2D eigenvalue weighted by Gasteiger charge is 2.15. The zero-order valence-electron chi connectivity index (χ0n) is 9.54. The molecule has 0 unspecified atom stereocenters. The first-order valence-corrected chi connectivity index (χ1v) is 5.21. The molecule has 0 aliphatic rings. The number of benzene rings is 1. The number of hydrogen-bond donors (Lipinski definition) is 1. The first-order valence-electron chi connectivity index (χ1n) is 5.21. The average molecular weight is 192 g/mol. The van der Waals surface area contributed by atoms with E-state index >= 15 is 0 Å². The molecule has 0 amide bonds. The van der Waals surface area contributed by atoms with Crippen molar-refractivity contribution < 1.29 is 5.11 Å². The van der Waals surface area contributed by atoms with Crippen molar-refractivity contribution in [2.75, 3.05) is 0 Å². The number of aliphatic hydroxyl groups is 1. The second-order valence-electron chi connectivity index (χ2n) is 4.86. The summed E-state index contributed by atoms with van der Waals surface area (Å²) in [5, 5.41) is 9.85. The normalized spacial score (nSPS) is 12.1. The van der Waals surface area contributed by atoms with Crippen LogP contribution in [0.2, 0.25) is 0 Å². The van der Waals surface area contributed by atoms with Gasteiger partial charge in [-0.25, -0.2) is 0 Å². The lowest BCUT2D eigenvalue weighted by molar-refractivity contribution is 0.0785. The second kappa shape index (κ2) is 4.14. The standard InChI is InChI=1S/C13H20O/c1-10(2)8-11-6-5-7-12(9-11)13(3,4)14/h5-7,9-10,14H,8H2,1-4H3. The Labute approximate surface area is 86.8 Å². The minimum absolute atomic E-state index is 0.659. The highest BCUT2D eigenvalue weighted by atomic mass is 16.3. The van der Waals surface area contributed by atoms with Gasteiger partial charge >= 0.3 is 0 Å². The molecular weight excluding hydrogens is 172 g/mol. The van der Waals surface area contributed by atoms with Crippen LogP contribution in [-0.4, -0.2) is 5.11 Å². The Kier molecular flexibility index (Phi) is 3.33. The van der Waals surface area contributed by atoms with Gasteiger partial charge in [0.15, 0.2) is 0 Å². The molecule has 1 N–H and O–H groups in total. The Morgan fingerprint density at radius 3 is 2.43 bits per heavy atom. The highest BCUT2D eigenvalue weighted by molar-refractivity contribution is 5.27. The van der Waals surface area contributed by atoms with Crippen LogP contribution in [0.15, 0.2) is 24.3 Å². The van der Waals surface area contributed by atoms with E-state index in [0.29, 0.717) is 5.92 Å². The van der Waals surface area contributed by atoms with E-state index in [9.17, 15) is 5.11 Å². The van der Waals surface area contributed by atoms with Gasteiger partial charge in [0, 0.05) is 0 Å². The lowest BCUT2D eigenvalue weighted by Crippen LogP contribution is -2.15. The van der Waals surface area contributed by atoms with Gasteiger partial charge < -0.3 is 5.11 Å². The second-order valence-corrected chi connectivity index (χ2v) is 4.86. The third-order valence-corrected chi connectivity index (χ3v) is 2.28. The van der Waals surface area contributed by atoms with Crippen molar-refractivity contribution >= 4 is 0 Å². The molecule has 1 heteroatoms. The Morgan fingerprint density at radius 1 is 1.29 bits per heavy atom. The number of hydrogen-bond acceptors (Lipinski definition) is 1. The van der Waals surface area contributed by atoms with Crippen LogP contribution in [0.1, 0.15) is 38.8 Å². The fourth-order valence-electron chi connectivity index (χ4n) is 1.55. The summed E-state index contributed by atoms with van der Waals surface area (Å²) in [6, 6.07) is 8.21. The molecular formula is C13H20O. The summed E-state index contributed by atoms with van der Waals surface area (Å²) in [5.74, 6) is 0.659. The Bertz CT molecular complexity index is 294. The maximum absolute atomic E-state index is 9.85. The minimum atomic E-state index is -0.729. The molecule has 1 nitrogen and oxygen atoms in total. The molecule has 1 rings (SSSR count). The van der Waals surface area contributed by atoms with Crippen LogP contribution in [0.4, 0.5) is 0 Å². The van der Waals surface area contributed by atoms with Crippen molar-refractivity contribution in [2.24, 2.45) is 5.92 Å². The lowest BCUT2D eigenvalue weighted by Gasteiger charge is -2.18. The summed E-state index contributed by atoms with van der Waals surface area (Å²) in [6.45, 7) is 8.05. The predicted octanol–water partition coefficient (Wildman–Crippen LogP) is 3.11. The number of rotatable bonds is 3. The van der Waals surface area contributed by atoms with Gasteiger partial charge in [-0.2, -0.15) is 0 Å². The average Bonchev–Trinajstić information content (AvgIpc) is 2.01. The summed E-state index contributed by atoms with van der Waals surface area (Å²) in [5.41, 5.74) is 1.57. The van der Waals surface area contributed by atoms with Crippen LogP contribution in [0, 0.1) is 5.92 Å². The van der Waals surface area contributed by atoms with Crippen LogP contribution in [0.25, 0.3) is 0 Å². The molecule has 0 aromatic heterocycles. The summed E-state index contributed by atoms with van der Waals surface area (Å²) in [7, 11) is 0. The molecule has 78 valence electrons. The molecule has 0 atom stereocenters. The van der Waals surface area contributed by atoms with Gasteiger partial charge in [0.1, 0.15) is 0 Å². The van der Waals surface area contributed by atoms with Crippen molar-refractivity contribution in [1.82, 2.24) is 0 Å². The molecule has 0 fully saturated rings. The van der Waals surface area contributed by atoms with Crippen molar-refractivity contribution in [1.29, 1.82) is 0 Å². The Hall–Kier alpha value is -0.820. The van der Waals surface area contributed by atoms with Crippen molar-refractivity contribution in [2.45, 2.75) is 39.7 Å². The molecule has 0 saturated heterocycles. The fraction of sp³-hybridized carbons (Fsp3) is 0.538. The molecule has 1 aromatic carbocycles. The zero-order valence-corrected chi connectivity index (χ0v) is 9.54. The molecule has 0 bridgehead atoms. The third-order valence-electron chi connectivity index (χ3n) is 2.28. The van der Waals surface area contributed by atoms with Gasteiger partial charge in [0.25, 0.3) is 0 Å². The lowest BCUT2D eigenvalue weighted by atomic mass is 9.94. The third kappa shape index (κ3) is 3.15. The van der Waals surface area contributed by atoms with Gasteiger partial charge in [-0.05, 0) is 37.3 Å². The van der Waals surface area contributed by atoms with E-state index in [4.69, 9.17) is 0 Å². The molecule has 14 heavy (non-hydrogen) atoms. The van der Waals surface area contributed by atoms with Crippen molar-refractivity contribution in [3.8, 4) is 0 Å². The molecule has 0 aliphatic carbocycles. The molecule has 0 spiro atoms. The van der Waals surface area contributed by atoms with Gasteiger partial charge in [-0.3, -0.25) is 0 Å². The fourth-order valence-corrected chi connectivity index (χ4v) is 1.55. The van der Waals surface area contributed by atoms with Gasteiger partial charge in [-0.1, -0.05) is 38.1 Å². The van der Waals surface area contributed by atoms with Crippen LogP contribution in [-0.2, 0) is 12.0 Å². The molecule has 0 radical (unpaired) electrons. The topological polar surface area (TPSA) is 20.2 Å². The van der Waals surface area contributed by atoms with E-state index in [2.05, 4.69) is 26.0 Å². The quantitative estimate of drug-likeness (QED) is 0.780. The summed E-state index contributed by atoms with van der Waals surface area (Å²) in [6.07, 6.45) is 1.07. The zero-order chi connectivity index (χ0) is 10.8. The van der Waals surface area contributed by atoms with E-state index in [0.717, 1.165) is 12.0 Å². The smallest absolute Gasteiger partial charge is 0.0840 e. The first-order chi connectivity index (χ1) is 6.39. The SMILES string of the molecule is CC(C)Cc1cccc(C(C)(C)O)c1. The van der Waals surface area contributed by atoms with E-state index < -0.39 is 5.60 Å². The molecule has 1 aromatic rings. The minimum Gasteiger partial charge on any atom is -0.386 e. The van der Waals surface area contributed by atoms with E-state index in [-0.39, 0.29) is 0 Å². The summed E-state index contributed by atoms with van der Waals surface area (Å²) in [4.78, 5) is 0. The maximum atomic E-state index is 9.85. The highest BCUT2D eigenvalue weighted by Crippen LogP contribution is 2.21. The summed E-state index contributed by atoms with van der Waals surface area (Å²) >= 11 is 0. The Morgan fingerprint density at radius 2 is 1.93 bits per heavy atom. The molecule has 0 heterocycles. The van der Waals surface area contributed by atoms with E-state index in [1.54, 1.807) is 0 Å². The largest absolute Gasteiger partial charge is 0.386 e. The van der Waals surface area contributed by atoms with Gasteiger partial charge in [0.2, 0.25) is 0 Å². The molecule has 0 saturated carbocycles. The van der Waals surface area contributed by atoms with Gasteiger partial charge in [-0.15, -0.1) is 0 Å². The maximum Gasteiger partial charge on any atom is 0.0840 e. The van der Waals surface area contributed by atoms with E-state index in [1.165, 1.54) is 5.56 Å². The van der Waals surface area contributed by atoms with Crippen molar-refractivity contribution in [3.63, 3.8) is 0 Å². The van der Waals surface area contributed by atoms with Crippen LogP contribution in [0.5, 0.6) is 0 Å². The monoisotopic (exact) mass is 192 g/mol. The molecule has 0 aliphatic heterocycles. The van der Waals surface area contributed by atoms with Gasteiger partial charge in [0.05, 0.1) is 5.60 Å². The van der Waals surface area contributed by atoms with Crippen LogP contribution >= 0.6 is 0 Å². The first kappa shape index (κ1) is 11.3. The Balaban J connectivity index is 2.90. The van der Waals surface area contributed by atoms with Crippen LogP contribution in [0.3, 0.4) is 0 Å². The van der Waals surface area contributed by atoms with Crippen LogP contribution < -0.4 is 0 Å². The summed E-state index contributed by atoms with van der Waals surface area (Å²) < 4.78 is 0.